The molecule has 0 bridgehead atoms. The van der Waals surface area contributed by atoms with E-state index in [1.54, 1.807) is 36.6 Å². The van der Waals surface area contributed by atoms with Gasteiger partial charge in [0, 0.05) is 49.0 Å². The lowest BCUT2D eigenvalue weighted by molar-refractivity contribution is -0.385. The molecule has 2 aromatic carbocycles. The fourth-order valence-corrected chi connectivity index (χ4v) is 4.92. The molecule has 0 aliphatic carbocycles. The number of anilines is 2. The van der Waals surface area contributed by atoms with Crippen molar-refractivity contribution in [3.8, 4) is 0 Å². The summed E-state index contributed by atoms with van der Waals surface area (Å²) in [7, 11) is 0. The van der Waals surface area contributed by atoms with E-state index in [-0.39, 0.29) is 34.8 Å². The third-order valence-electron chi connectivity index (χ3n) is 6.66. The van der Waals surface area contributed by atoms with Gasteiger partial charge in [0.05, 0.1) is 16.1 Å². The van der Waals surface area contributed by atoms with Gasteiger partial charge in [0.2, 0.25) is 0 Å². The van der Waals surface area contributed by atoms with E-state index < -0.39 is 34.4 Å². The van der Waals surface area contributed by atoms with Gasteiger partial charge in [-0.2, -0.15) is 0 Å². The van der Waals surface area contributed by atoms with E-state index >= 15 is 0 Å². The summed E-state index contributed by atoms with van der Waals surface area (Å²) < 4.78 is 0. The summed E-state index contributed by atoms with van der Waals surface area (Å²) >= 11 is 7.34. The lowest BCUT2D eigenvalue weighted by atomic mass is 10.0. The molecule has 1 aromatic heterocycles. The van der Waals surface area contributed by atoms with Crippen LogP contribution in [-0.4, -0.2) is 75.3 Å². The summed E-state index contributed by atoms with van der Waals surface area (Å²) in [6.45, 7) is 9.25. The van der Waals surface area contributed by atoms with Crippen LogP contribution in [0.4, 0.5) is 17.1 Å². The monoisotopic (exact) mass is 657 g/mol. The highest BCUT2D eigenvalue weighted by Crippen LogP contribution is 2.27. The van der Waals surface area contributed by atoms with E-state index in [0.29, 0.717) is 35.2 Å². The highest BCUT2D eigenvalue weighted by Gasteiger charge is 2.27. The predicted octanol–water partition coefficient (Wildman–Crippen LogP) is 4.65. The number of carboxylic acid groups (broad SMARTS) is 1. The molecule has 0 aliphatic heterocycles. The van der Waals surface area contributed by atoms with Gasteiger partial charge in [0.25, 0.3) is 17.5 Å². The Balaban J connectivity index is 1.77. The predicted molar refractivity (Wildman–Crippen MR) is 175 cm³/mol. The molecule has 0 unspecified atom stereocenters. The number of nitro benzene ring substituents is 1. The number of amides is 2. The molecule has 0 fully saturated rings. The van der Waals surface area contributed by atoms with Crippen molar-refractivity contribution in [1.29, 1.82) is 0 Å². The van der Waals surface area contributed by atoms with E-state index in [1.165, 1.54) is 30.1 Å². The topological polar surface area (TPSA) is 180 Å². The van der Waals surface area contributed by atoms with E-state index in [2.05, 4.69) is 25.9 Å². The van der Waals surface area contributed by atoms with Gasteiger partial charge in [-0.25, -0.2) is 14.8 Å². The van der Waals surface area contributed by atoms with Crippen LogP contribution in [0.1, 0.15) is 54.1 Å². The Morgan fingerprint density at radius 3 is 2.36 bits per heavy atom. The number of halogens is 1. The molecule has 4 N–H and O–H groups in total. The van der Waals surface area contributed by atoms with E-state index in [9.17, 15) is 29.6 Å². The van der Waals surface area contributed by atoms with Crippen LogP contribution in [0, 0.1) is 10.1 Å². The molecule has 3 rings (SSSR count). The third kappa shape index (κ3) is 9.86. The first-order chi connectivity index (χ1) is 21.3. The third-order valence-corrected chi connectivity index (χ3v) is 7.49. The van der Waals surface area contributed by atoms with Gasteiger partial charge < -0.3 is 26.0 Å². The van der Waals surface area contributed by atoms with Crippen molar-refractivity contribution < 1.29 is 24.4 Å². The second kappa shape index (κ2) is 16.2. The van der Waals surface area contributed by atoms with Gasteiger partial charge in [-0.3, -0.25) is 19.7 Å². The maximum Gasteiger partial charge on any atom is 0.326 e. The van der Waals surface area contributed by atoms with Gasteiger partial charge in [0.1, 0.15) is 11.6 Å². The zero-order valence-electron chi connectivity index (χ0n) is 25.5. The first-order valence-electron chi connectivity index (χ1n) is 14.1. The van der Waals surface area contributed by atoms with Gasteiger partial charge >= 0.3 is 5.97 Å². The minimum absolute atomic E-state index is 0.00986. The highest BCUT2D eigenvalue weighted by molar-refractivity contribution is 7.98. The Hall–Kier alpha value is -4.27. The van der Waals surface area contributed by atoms with E-state index in [0.717, 1.165) is 0 Å². The van der Waals surface area contributed by atoms with Crippen molar-refractivity contribution >= 4 is 58.2 Å². The molecule has 1 atom stereocenters. The van der Waals surface area contributed by atoms with Crippen molar-refractivity contribution in [2.45, 2.75) is 57.4 Å². The minimum atomic E-state index is -1.39. The summed E-state index contributed by atoms with van der Waals surface area (Å²) in [4.78, 5) is 59.4. The standard InChI is InChI=1S/C30H36ClN7O6S/c1-17(2)32-12-13-37(18(3)4)21-10-11-25(38(43)44)22(15-21)27(39)35-24(29(41)42)14-19-6-8-20(9-7-19)34-28(40)26-23(31)16-33-30(36-26)45-5/h6-11,15-18,24,32H,12-14H2,1-5H3,(H,34,40)(H,35,39)(H,41,42)/t24-/m0/s1. The van der Waals surface area contributed by atoms with Gasteiger partial charge in [-0.05, 0) is 49.9 Å². The largest absolute Gasteiger partial charge is 0.480 e. The lowest BCUT2D eigenvalue weighted by Crippen LogP contribution is -2.42. The van der Waals surface area contributed by atoms with Crippen molar-refractivity contribution in [2.75, 3.05) is 29.6 Å². The van der Waals surface area contributed by atoms with Gasteiger partial charge in [-0.15, -0.1) is 0 Å². The minimum Gasteiger partial charge on any atom is -0.480 e. The average Bonchev–Trinajstić information content (AvgIpc) is 2.99. The summed E-state index contributed by atoms with van der Waals surface area (Å²) in [5.74, 6) is -2.74. The number of carbonyl (C=O) groups excluding carboxylic acids is 2. The molecular weight excluding hydrogens is 622 g/mol. The van der Waals surface area contributed by atoms with Crippen molar-refractivity contribution in [2.24, 2.45) is 0 Å². The van der Waals surface area contributed by atoms with Crippen LogP contribution in [0.25, 0.3) is 0 Å². The summed E-state index contributed by atoms with van der Waals surface area (Å²) in [5, 5.41) is 30.6. The molecule has 45 heavy (non-hydrogen) atoms. The Labute approximate surface area is 270 Å². The van der Waals surface area contributed by atoms with E-state index in [4.69, 9.17) is 11.6 Å². The molecule has 0 saturated heterocycles. The van der Waals surface area contributed by atoms with Crippen LogP contribution in [0.15, 0.2) is 53.8 Å². The number of nitrogens with one attached hydrogen (secondary N) is 3. The second-order valence-corrected chi connectivity index (χ2v) is 11.8. The van der Waals surface area contributed by atoms with Gasteiger partial charge in [-0.1, -0.05) is 49.3 Å². The number of rotatable bonds is 15. The lowest BCUT2D eigenvalue weighted by Gasteiger charge is -2.30. The number of hydrogen-bond acceptors (Lipinski definition) is 10. The maximum atomic E-state index is 13.3. The molecular formula is C30H36ClN7O6S. The zero-order chi connectivity index (χ0) is 33.3. The molecule has 0 aliphatic rings. The quantitative estimate of drug-likeness (QED) is 0.0773. The maximum absolute atomic E-state index is 13.3. The van der Waals surface area contributed by atoms with Crippen LogP contribution in [0.5, 0.6) is 0 Å². The number of thioether (sulfide) groups is 1. The van der Waals surface area contributed by atoms with Crippen molar-refractivity contribution in [1.82, 2.24) is 20.6 Å². The van der Waals surface area contributed by atoms with Crippen LogP contribution < -0.4 is 20.9 Å². The Bertz CT molecular complexity index is 1540. The number of nitrogens with zero attached hydrogens (tertiary/aromatic N) is 4. The Kier molecular flexibility index (Phi) is 12.6. The van der Waals surface area contributed by atoms with Crippen LogP contribution in [0.2, 0.25) is 5.02 Å². The number of benzene rings is 2. The fraction of sp³-hybridized carbons (Fsp3) is 0.367. The number of carbonyl (C=O) groups is 3. The second-order valence-electron chi connectivity index (χ2n) is 10.6. The van der Waals surface area contributed by atoms with Gasteiger partial charge in [0.15, 0.2) is 10.9 Å². The molecule has 0 saturated carbocycles. The van der Waals surface area contributed by atoms with Crippen LogP contribution in [-0.2, 0) is 11.2 Å². The number of aliphatic carboxylic acids is 1. The number of aromatic nitrogens is 2. The molecule has 3 aromatic rings. The average molecular weight is 658 g/mol. The first kappa shape index (κ1) is 35.2. The molecule has 0 radical (unpaired) electrons. The Morgan fingerprint density at radius 2 is 1.78 bits per heavy atom. The molecule has 13 nitrogen and oxygen atoms in total. The molecule has 240 valence electrons. The summed E-state index contributed by atoms with van der Waals surface area (Å²) in [6.07, 6.45) is 2.99. The SMILES string of the molecule is CSc1ncc(Cl)c(C(=O)Nc2ccc(C[C@H](NC(=O)c3cc(N(CCNC(C)C)C(C)C)ccc3[N+](=O)[O-])C(=O)O)cc2)n1. The van der Waals surface area contributed by atoms with Crippen LogP contribution in [0.3, 0.4) is 0 Å². The highest BCUT2D eigenvalue weighted by atomic mass is 35.5. The summed E-state index contributed by atoms with van der Waals surface area (Å²) in [6, 6.07) is 9.52. The first-order valence-corrected chi connectivity index (χ1v) is 15.7. The number of hydrogen-bond donors (Lipinski definition) is 4. The Morgan fingerprint density at radius 1 is 1.09 bits per heavy atom. The van der Waals surface area contributed by atoms with Crippen molar-refractivity contribution in [3.05, 3.63) is 80.6 Å². The smallest absolute Gasteiger partial charge is 0.326 e. The fourth-order valence-electron chi connectivity index (χ4n) is 4.40. The molecule has 1 heterocycles. The van der Waals surface area contributed by atoms with Crippen LogP contribution >= 0.6 is 23.4 Å². The van der Waals surface area contributed by atoms with E-state index in [1.807, 2.05) is 32.6 Å². The number of nitro groups is 1. The zero-order valence-corrected chi connectivity index (χ0v) is 27.1. The molecule has 15 heteroatoms. The molecule has 0 spiro atoms. The normalized spacial score (nSPS) is 11.7. The summed E-state index contributed by atoms with van der Waals surface area (Å²) in [5.41, 5.74) is 0.887. The van der Waals surface area contributed by atoms with Crippen molar-refractivity contribution in [3.63, 3.8) is 0 Å². The number of carboxylic acids is 1. The molecule has 2 amide bonds.